The van der Waals surface area contributed by atoms with Crippen molar-refractivity contribution in [2.75, 3.05) is 61.3 Å². The topological polar surface area (TPSA) is 73.0 Å². The van der Waals surface area contributed by atoms with Crippen LogP contribution < -0.4 is 14.5 Å². The van der Waals surface area contributed by atoms with Crippen LogP contribution in [0.5, 0.6) is 0 Å². The van der Waals surface area contributed by atoms with Crippen molar-refractivity contribution in [2.45, 2.75) is 13.3 Å². The number of rotatable bonds is 9. The molecule has 1 heterocycles. The Balaban J connectivity index is 1.40. The van der Waals surface area contributed by atoms with Gasteiger partial charge in [-0.15, -0.1) is 0 Å². The Hall–Kier alpha value is -2.58. The van der Waals surface area contributed by atoms with E-state index in [0.29, 0.717) is 12.2 Å². The lowest BCUT2D eigenvalue weighted by Crippen LogP contribution is -2.47. The van der Waals surface area contributed by atoms with Crippen molar-refractivity contribution in [2.24, 2.45) is 0 Å². The van der Waals surface area contributed by atoms with Gasteiger partial charge < -0.3 is 10.2 Å². The number of aryl methyl sites for hydroxylation is 1. The highest BCUT2D eigenvalue weighted by Crippen LogP contribution is 2.21. The molecule has 0 spiro atoms. The normalized spacial score (nSPS) is 15.0. The van der Waals surface area contributed by atoms with Crippen LogP contribution in [0.1, 0.15) is 12.0 Å². The molecule has 0 bridgehead atoms. The van der Waals surface area contributed by atoms with Crippen LogP contribution in [0.25, 0.3) is 0 Å². The maximum absolute atomic E-state index is 12.4. The summed E-state index contributed by atoms with van der Waals surface area (Å²) >= 11 is 0. The fourth-order valence-electron chi connectivity index (χ4n) is 3.81. The number of sulfonamides is 1. The van der Waals surface area contributed by atoms with Crippen LogP contribution in [0, 0.1) is 6.92 Å². The Kier molecular flexibility index (Phi) is 7.92. The zero-order valence-corrected chi connectivity index (χ0v) is 19.1. The number of amides is 1. The molecule has 1 aliphatic rings. The van der Waals surface area contributed by atoms with Crippen molar-refractivity contribution in [1.82, 2.24) is 10.2 Å². The van der Waals surface area contributed by atoms with Gasteiger partial charge in [-0.1, -0.05) is 36.4 Å². The Morgan fingerprint density at radius 2 is 1.65 bits per heavy atom. The molecule has 7 nitrogen and oxygen atoms in total. The molecule has 2 aromatic rings. The number of nitrogens with zero attached hydrogens (tertiary/aromatic N) is 3. The largest absolute Gasteiger partial charge is 0.369 e. The minimum absolute atomic E-state index is 0.209. The van der Waals surface area contributed by atoms with Crippen molar-refractivity contribution in [3.63, 3.8) is 0 Å². The SMILES string of the molecule is Cc1ccccc1N(CC(=O)NCCCN1CCN(c2ccccc2)CC1)S(C)(=O)=O. The minimum Gasteiger partial charge on any atom is -0.369 e. The first-order chi connectivity index (χ1) is 14.8. The molecular formula is C23H32N4O3S. The molecule has 2 aromatic carbocycles. The first-order valence-electron chi connectivity index (χ1n) is 10.7. The molecule has 1 amide bonds. The number of nitrogens with one attached hydrogen (secondary N) is 1. The molecule has 1 N–H and O–H groups in total. The molecule has 0 atom stereocenters. The van der Waals surface area contributed by atoms with Crippen LogP contribution in [0.15, 0.2) is 54.6 Å². The first kappa shape index (κ1) is 23.1. The first-order valence-corrected chi connectivity index (χ1v) is 12.5. The second-order valence-electron chi connectivity index (χ2n) is 7.92. The summed E-state index contributed by atoms with van der Waals surface area (Å²) in [4.78, 5) is 17.2. The number of carbonyl (C=O) groups is 1. The smallest absolute Gasteiger partial charge is 0.240 e. The van der Waals surface area contributed by atoms with Crippen molar-refractivity contribution in [3.05, 3.63) is 60.2 Å². The molecule has 168 valence electrons. The van der Waals surface area contributed by atoms with E-state index in [4.69, 9.17) is 0 Å². The molecule has 1 fully saturated rings. The highest BCUT2D eigenvalue weighted by atomic mass is 32.2. The molecular weight excluding hydrogens is 412 g/mol. The van der Waals surface area contributed by atoms with Crippen LogP contribution in [0.2, 0.25) is 0 Å². The monoisotopic (exact) mass is 444 g/mol. The molecule has 1 saturated heterocycles. The van der Waals surface area contributed by atoms with Crippen molar-refractivity contribution in [3.8, 4) is 0 Å². The highest BCUT2D eigenvalue weighted by molar-refractivity contribution is 7.92. The van der Waals surface area contributed by atoms with Gasteiger partial charge in [0.1, 0.15) is 6.54 Å². The Morgan fingerprint density at radius 1 is 1.00 bits per heavy atom. The quantitative estimate of drug-likeness (QED) is 0.600. The van der Waals surface area contributed by atoms with Gasteiger partial charge in [0.05, 0.1) is 11.9 Å². The minimum atomic E-state index is -3.55. The van der Waals surface area contributed by atoms with Crippen LogP contribution in [0.4, 0.5) is 11.4 Å². The number of anilines is 2. The maximum Gasteiger partial charge on any atom is 0.240 e. The van der Waals surface area contributed by atoms with Gasteiger partial charge in [0.25, 0.3) is 0 Å². The molecule has 0 unspecified atom stereocenters. The Labute approximate surface area is 185 Å². The van der Waals surface area contributed by atoms with Gasteiger partial charge in [-0.2, -0.15) is 0 Å². The number of hydrogen-bond donors (Lipinski definition) is 1. The number of benzene rings is 2. The van der Waals surface area contributed by atoms with Crippen molar-refractivity contribution >= 4 is 27.3 Å². The number of hydrogen-bond acceptors (Lipinski definition) is 5. The van der Waals surface area contributed by atoms with Crippen molar-refractivity contribution < 1.29 is 13.2 Å². The van der Waals surface area contributed by atoms with Gasteiger partial charge in [-0.05, 0) is 43.7 Å². The molecule has 0 aliphatic carbocycles. The van der Waals surface area contributed by atoms with E-state index in [0.717, 1.165) is 51.0 Å². The number of carbonyl (C=O) groups excluding carboxylic acids is 1. The average Bonchev–Trinajstić information content (AvgIpc) is 2.76. The summed E-state index contributed by atoms with van der Waals surface area (Å²) in [5.74, 6) is -0.289. The van der Waals surface area contributed by atoms with E-state index in [2.05, 4.69) is 39.4 Å². The summed E-state index contributed by atoms with van der Waals surface area (Å²) in [5, 5.41) is 2.87. The van der Waals surface area contributed by atoms with Crippen LogP contribution >= 0.6 is 0 Å². The summed E-state index contributed by atoms with van der Waals surface area (Å²) in [6.07, 6.45) is 1.96. The Morgan fingerprint density at radius 3 is 2.29 bits per heavy atom. The van der Waals surface area contributed by atoms with E-state index in [1.54, 1.807) is 12.1 Å². The molecule has 0 aromatic heterocycles. The fourth-order valence-corrected chi connectivity index (χ4v) is 4.72. The van der Waals surface area contributed by atoms with Gasteiger partial charge in [0.2, 0.25) is 15.9 Å². The number of para-hydroxylation sites is 2. The van der Waals surface area contributed by atoms with E-state index in [1.165, 1.54) is 9.99 Å². The lowest BCUT2D eigenvalue weighted by atomic mass is 10.2. The molecule has 8 heteroatoms. The van der Waals surface area contributed by atoms with Gasteiger partial charge >= 0.3 is 0 Å². The second kappa shape index (κ2) is 10.6. The zero-order valence-electron chi connectivity index (χ0n) is 18.3. The third-order valence-electron chi connectivity index (χ3n) is 5.54. The van der Waals surface area contributed by atoms with Gasteiger partial charge in [0, 0.05) is 38.4 Å². The lowest BCUT2D eigenvalue weighted by Gasteiger charge is -2.36. The third kappa shape index (κ3) is 6.70. The van der Waals surface area contributed by atoms with Crippen LogP contribution in [-0.4, -0.2) is 71.3 Å². The zero-order chi connectivity index (χ0) is 22.3. The van der Waals surface area contributed by atoms with E-state index in [9.17, 15) is 13.2 Å². The third-order valence-corrected chi connectivity index (χ3v) is 6.67. The van der Waals surface area contributed by atoms with Crippen LogP contribution in [-0.2, 0) is 14.8 Å². The fraction of sp³-hybridized carbons (Fsp3) is 0.435. The average molecular weight is 445 g/mol. The van der Waals surface area contributed by atoms with Gasteiger partial charge in [-0.3, -0.25) is 14.0 Å². The van der Waals surface area contributed by atoms with E-state index in [-0.39, 0.29) is 12.5 Å². The molecule has 1 aliphatic heterocycles. The van der Waals surface area contributed by atoms with E-state index < -0.39 is 10.0 Å². The van der Waals surface area contributed by atoms with Gasteiger partial charge in [-0.25, -0.2) is 8.42 Å². The summed E-state index contributed by atoms with van der Waals surface area (Å²) in [6, 6.07) is 17.6. The van der Waals surface area contributed by atoms with E-state index >= 15 is 0 Å². The standard InChI is InChI=1S/C23H32N4O3S/c1-20-9-6-7-12-22(20)27(31(2,29)30)19-23(28)24-13-8-14-25-15-17-26(18-16-25)21-10-4-3-5-11-21/h3-7,9-12H,8,13-19H2,1-2H3,(H,24,28). The highest BCUT2D eigenvalue weighted by Gasteiger charge is 2.22. The molecule has 3 rings (SSSR count). The van der Waals surface area contributed by atoms with Crippen molar-refractivity contribution in [1.29, 1.82) is 0 Å². The van der Waals surface area contributed by atoms with Gasteiger partial charge in [0.15, 0.2) is 0 Å². The van der Waals surface area contributed by atoms with E-state index in [1.807, 2.05) is 25.1 Å². The summed E-state index contributed by atoms with van der Waals surface area (Å²) < 4.78 is 25.6. The molecule has 0 radical (unpaired) electrons. The predicted molar refractivity (Wildman–Crippen MR) is 126 cm³/mol. The second-order valence-corrected chi connectivity index (χ2v) is 9.83. The molecule has 31 heavy (non-hydrogen) atoms. The Bertz CT molecular complexity index is 958. The predicted octanol–water partition coefficient (Wildman–Crippen LogP) is 2.09. The summed E-state index contributed by atoms with van der Waals surface area (Å²) in [6.45, 7) is 7.06. The summed E-state index contributed by atoms with van der Waals surface area (Å²) in [5.41, 5.74) is 2.62. The number of piperazine rings is 1. The molecule has 0 saturated carbocycles. The maximum atomic E-state index is 12.4. The van der Waals surface area contributed by atoms with Crippen LogP contribution in [0.3, 0.4) is 0 Å². The lowest BCUT2D eigenvalue weighted by molar-refractivity contribution is -0.119. The summed E-state index contributed by atoms with van der Waals surface area (Å²) in [7, 11) is -3.55.